The zero-order chi connectivity index (χ0) is 8.59. The third kappa shape index (κ3) is 1.16. The Balaban J connectivity index is 3.73. The van der Waals surface area contributed by atoms with E-state index in [1.807, 2.05) is 4.98 Å². The summed E-state index contributed by atoms with van der Waals surface area (Å²) < 4.78 is 1.11. The molecule has 3 N–H and O–H groups in total. The molecule has 0 spiro atoms. The number of rotatable bonds is 0. The van der Waals surface area contributed by atoms with Gasteiger partial charge in [0.25, 0.3) is 5.56 Å². The third-order valence-electron chi connectivity index (χ3n) is 1.34. The van der Waals surface area contributed by atoms with Crippen molar-refractivity contribution in [2.75, 3.05) is 5.73 Å². The summed E-state index contributed by atoms with van der Waals surface area (Å²) in [5, 5.41) is 0. The molecule has 0 saturated carbocycles. The van der Waals surface area contributed by atoms with E-state index in [9.17, 15) is 9.59 Å². The van der Waals surface area contributed by atoms with Crippen LogP contribution >= 0.6 is 12.6 Å². The van der Waals surface area contributed by atoms with Crippen LogP contribution in [0.5, 0.6) is 0 Å². The second kappa shape index (κ2) is 2.46. The molecule has 0 atom stereocenters. The molecule has 6 heteroatoms. The molecule has 60 valence electrons. The minimum atomic E-state index is -0.561. The number of nitrogens with two attached hydrogens (primary N) is 1. The lowest BCUT2D eigenvalue weighted by Crippen LogP contribution is -2.30. The second-order valence-electron chi connectivity index (χ2n) is 2.05. The first-order chi connectivity index (χ1) is 5.04. The van der Waals surface area contributed by atoms with Crippen molar-refractivity contribution >= 4 is 18.4 Å². The lowest BCUT2D eigenvalue weighted by atomic mass is 10.5. The van der Waals surface area contributed by atoms with Crippen LogP contribution in [-0.4, -0.2) is 9.55 Å². The summed E-state index contributed by atoms with van der Waals surface area (Å²) >= 11 is 3.80. The Morgan fingerprint density at radius 3 is 2.64 bits per heavy atom. The van der Waals surface area contributed by atoms with Crippen LogP contribution in [0.1, 0.15) is 0 Å². The molecule has 1 aromatic heterocycles. The fourth-order valence-electron chi connectivity index (χ4n) is 0.625. The van der Waals surface area contributed by atoms with E-state index in [4.69, 9.17) is 5.73 Å². The molecule has 11 heavy (non-hydrogen) atoms. The Bertz CT molecular complexity index is 357. The van der Waals surface area contributed by atoms with Gasteiger partial charge in [0.2, 0.25) is 0 Å². The summed E-state index contributed by atoms with van der Waals surface area (Å²) in [5.41, 5.74) is 4.25. The molecule has 0 aliphatic carbocycles. The molecule has 0 fully saturated rings. The molecule has 1 rings (SSSR count). The van der Waals surface area contributed by atoms with E-state index in [0.29, 0.717) is 0 Å². The Morgan fingerprint density at radius 2 is 2.09 bits per heavy atom. The molecule has 0 saturated heterocycles. The molecule has 0 bridgehead atoms. The van der Waals surface area contributed by atoms with Crippen molar-refractivity contribution in [3.05, 3.63) is 20.8 Å². The molecule has 5 nitrogen and oxygen atoms in total. The van der Waals surface area contributed by atoms with Gasteiger partial charge in [0.1, 0.15) is 10.7 Å². The fraction of sp³-hybridized carbons (Fsp3) is 0.200. The average molecular weight is 173 g/mol. The topological polar surface area (TPSA) is 80.9 Å². The van der Waals surface area contributed by atoms with Gasteiger partial charge in [-0.15, -0.1) is 12.6 Å². The van der Waals surface area contributed by atoms with Crippen molar-refractivity contribution in [1.29, 1.82) is 0 Å². The van der Waals surface area contributed by atoms with E-state index in [2.05, 4.69) is 12.6 Å². The summed E-state index contributed by atoms with van der Waals surface area (Å²) in [6.07, 6.45) is 0. The summed E-state index contributed by atoms with van der Waals surface area (Å²) in [6, 6.07) is 0. The summed E-state index contributed by atoms with van der Waals surface area (Å²) in [5.74, 6) is 0.0714. The van der Waals surface area contributed by atoms with E-state index < -0.39 is 11.2 Å². The Hall–Kier alpha value is -1.17. The maximum absolute atomic E-state index is 10.8. The van der Waals surface area contributed by atoms with Gasteiger partial charge in [0, 0.05) is 7.05 Å². The van der Waals surface area contributed by atoms with E-state index in [1.54, 1.807) is 0 Å². The van der Waals surface area contributed by atoms with Gasteiger partial charge < -0.3 is 5.73 Å². The molecule has 0 aliphatic heterocycles. The van der Waals surface area contributed by atoms with Crippen LogP contribution < -0.4 is 17.0 Å². The quantitative estimate of drug-likeness (QED) is 0.438. The molecule has 0 unspecified atom stereocenters. The number of thiol groups is 1. The van der Waals surface area contributed by atoms with Crippen LogP contribution in [0.3, 0.4) is 0 Å². The highest BCUT2D eigenvalue weighted by molar-refractivity contribution is 7.80. The van der Waals surface area contributed by atoms with Gasteiger partial charge in [0.05, 0.1) is 0 Å². The van der Waals surface area contributed by atoms with Crippen LogP contribution in [0, 0.1) is 0 Å². The van der Waals surface area contributed by atoms with Gasteiger partial charge in [-0.3, -0.25) is 14.3 Å². The highest BCUT2D eigenvalue weighted by atomic mass is 32.1. The predicted molar refractivity (Wildman–Crippen MR) is 44.0 cm³/mol. The zero-order valence-electron chi connectivity index (χ0n) is 5.79. The summed E-state index contributed by atoms with van der Waals surface area (Å²) in [7, 11) is 1.45. The van der Waals surface area contributed by atoms with Crippen molar-refractivity contribution in [1.82, 2.24) is 9.55 Å². The molecule has 1 heterocycles. The molecule has 0 aromatic carbocycles. The minimum Gasteiger partial charge on any atom is -0.384 e. The van der Waals surface area contributed by atoms with Crippen LogP contribution in [0.15, 0.2) is 14.5 Å². The smallest absolute Gasteiger partial charge is 0.329 e. The van der Waals surface area contributed by atoms with Gasteiger partial charge in [-0.1, -0.05) is 0 Å². The number of H-pyrrole nitrogens is 1. The first kappa shape index (κ1) is 7.93. The zero-order valence-corrected chi connectivity index (χ0v) is 6.68. The van der Waals surface area contributed by atoms with Gasteiger partial charge in [-0.25, -0.2) is 4.79 Å². The number of nitrogen functional groups attached to an aromatic ring is 1. The Labute approximate surface area is 67.3 Å². The minimum absolute atomic E-state index is 0.0621. The van der Waals surface area contributed by atoms with Gasteiger partial charge in [-0.05, 0) is 0 Å². The Kier molecular flexibility index (Phi) is 1.77. The monoisotopic (exact) mass is 173 g/mol. The van der Waals surface area contributed by atoms with Crippen molar-refractivity contribution in [3.8, 4) is 0 Å². The summed E-state index contributed by atoms with van der Waals surface area (Å²) in [4.78, 5) is 23.7. The molecule has 0 amide bonds. The molecular formula is C5H7N3O2S. The molecule has 1 aromatic rings. The maximum atomic E-state index is 10.8. The van der Waals surface area contributed by atoms with Crippen LogP contribution in [0.25, 0.3) is 0 Å². The van der Waals surface area contributed by atoms with Crippen LogP contribution in [0.2, 0.25) is 0 Å². The van der Waals surface area contributed by atoms with Crippen molar-refractivity contribution in [2.45, 2.75) is 4.90 Å². The number of nitrogens with one attached hydrogen (secondary N) is 1. The van der Waals surface area contributed by atoms with Crippen molar-refractivity contribution in [3.63, 3.8) is 0 Å². The van der Waals surface area contributed by atoms with Gasteiger partial charge >= 0.3 is 5.69 Å². The maximum Gasteiger partial charge on any atom is 0.329 e. The largest absolute Gasteiger partial charge is 0.384 e. The van der Waals surface area contributed by atoms with Gasteiger partial charge in [0.15, 0.2) is 0 Å². The normalized spacial score (nSPS) is 10.0. The van der Waals surface area contributed by atoms with Gasteiger partial charge in [-0.2, -0.15) is 0 Å². The predicted octanol–water partition coefficient (Wildman–Crippen LogP) is -1.06. The second-order valence-corrected chi connectivity index (χ2v) is 2.50. The number of hydrogen-bond acceptors (Lipinski definition) is 4. The molecule has 0 aliphatic rings. The highest BCUT2D eigenvalue weighted by Crippen LogP contribution is 2.04. The number of aromatic nitrogens is 2. The SMILES string of the molecule is Cn1c(N)c(S)c(=O)[nH]c1=O. The number of anilines is 1. The van der Waals surface area contributed by atoms with E-state index in [1.165, 1.54) is 7.05 Å². The van der Waals surface area contributed by atoms with Crippen LogP contribution in [-0.2, 0) is 7.05 Å². The molecular weight excluding hydrogens is 166 g/mol. The first-order valence-corrected chi connectivity index (χ1v) is 3.26. The number of nitrogens with zero attached hydrogens (tertiary/aromatic N) is 1. The van der Waals surface area contributed by atoms with E-state index >= 15 is 0 Å². The van der Waals surface area contributed by atoms with Crippen molar-refractivity contribution in [2.24, 2.45) is 7.05 Å². The third-order valence-corrected chi connectivity index (χ3v) is 1.78. The number of hydrogen-bond donors (Lipinski definition) is 3. The van der Waals surface area contributed by atoms with E-state index in [-0.39, 0.29) is 10.7 Å². The first-order valence-electron chi connectivity index (χ1n) is 2.81. The lowest BCUT2D eigenvalue weighted by molar-refractivity contribution is 0.789. The highest BCUT2D eigenvalue weighted by Gasteiger charge is 2.03. The summed E-state index contributed by atoms with van der Waals surface area (Å²) in [6.45, 7) is 0. The Morgan fingerprint density at radius 1 is 1.55 bits per heavy atom. The molecule has 0 radical (unpaired) electrons. The van der Waals surface area contributed by atoms with Crippen LogP contribution in [0.4, 0.5) is 5.82 Å². The van der Waals surface area contributed by atoms with E-state index in [0.717, 1.165) is 4.57 Å². The fourth-order valence-corrected chi connectivity index (χ4v) is 0.831. The number of aromatic amines is 1. The average Bonchev–Trinajstić information content (AvgIpc) is 1.97. The van der Waals surface area contributed by atoms with Crippen molar-refractivity contribution < 1.29 is 0 Å². The standard InChI is InChI=1S/C5H7N3O2S/c1-8-3(6)2(11)4(9)7-5(8)10/h11H,6H2,1H3,(H,7,9,10). The lowest BCUT2D eigenvalue weighted by Gasteiger charge is -2.02.